The van der Waals surface area contributed by atoms with Crippen molar-refractivity contribution in [1.82, 2.24) is 7.94 Å². The van der Waals surface area contributed by atoms with Crippen LogP contribution >= 0.6 is 0 Å². The van der Waals surface area contributed by atoms with E-state index in [0.29, 0.717) is 55.9 Å². The van der Waals surface area contributed by atoms with E-state index in [1.165, 1.54) is 27.2 Å². The maximum Gasteiger partial charge on any atom is 0.268 e. The van der Waals surface area contributed by atoms with Crippen molar-refractivity contribution < 1.29 is 31.0 Å². The van der Waals surface area contributed by atoms with E-state index in [1.54, 1.807) is 129 Å². The largest absolute Gasteiger partial charge is 0.497 e. The molecule has 0 saturated carbocycles. The first kappa shape index (κ1) is 31.1. The van der Waals surface area contributed by atoms with Gasteiger partial charge in [-0.2, -0.15) is 0 Å². The van der Waals surface area contributed by atoms with Gasteiger partial charge in [-0.1, -0.05) is 48.5 Å². The number of aromatic nitrogens is 2. The van der Waals surface area contributed by atoms with Gasteiger partial charge in [0.25, 0.3) is 20.0 Å². The van der Waals surface area contributed by atoms with E-state index < -0.39 is 20.0 Å². The summed E-state index contributed by atoms with van der Waals surface area (Å²) >= 11 is 0. The van der Waals surface area contributed by atoms with E-state index in [4.69, 9.17) is 14.2 Å². The zero-order chi connectivity index (χ0) is 33.6. The fourth-order valence-corrected chi connectivity index (χ4v) is 9.13. The Morgan fingerprint density at radius 1 is 0.479 bits per heavy atom. The molecule has 7 rings (SSSR count). The minimum atomic E-state index is -4.18. The van der Waals surface area contributed by atoms with Crippen LogP contribution in [0, 0.1) is 0 Å². The lowest BCUT2D eigenvalue weighted by atomic mass is 10.0. The third kappa shape index (κ3) is 4.99. The van der Waals surface area contributed by atoms with Gasteiger partial charge in [-0.15, -0.1) is 0 Å². The molecule has 2 heterocycles. The molecule has 48 heavy (non-hydrogen) atoms. The second-order valence-electron chi connectivity index (χ2n) is 11.0. The quantitative estimate of drug-likeness (QED) is 0.156. The van der Waals surface area contributed by atoms with E-state index >= 15 is 0 Å². The van der Waals surface area contributed by atoms with Gasteiger partial charge in [-0.25, -0.2) is 24.8 Å². The molecule has 0 fully saturated rings. The SMILES string of the molecule is COc1ccc2c(c1)cc(-c1cccc(OC)c1-c1cc3cc(OC)ccc3n1S(=O)(=O)c1ccccc1)n2S(=O)(=O)c1ccccc1. The van der Waals surface area contributed by atoms with Crippen LogP contribution in [0.15, 0.2) is 137 Å². The smallest absolute Gasteiger partial charge is 0.268 e. The van der Waals surface area contributed by atoms with Crippen LogP contribution in [0.4, 0.5) is 0 Å². The van der Waals surface area contributed by atoms with Gasteiger partial charge in [0.2, 0.25) is 0 Å². The average molecular weight is 679 g/mol. The number of hydrogen-bond acceptors (Lipinski definition) is 7. The molecule has 0 aliphatic rings. The molecule has 0 N–H and O–H groups in total. The summed E-state index contributed by atoms with van der Waals surface area (Å²) in [6, 6.07) is 35.4. The van der Waals surface area contributed by atoms with Gasteiger partial charge >= 0.3 is 0 Å². The van der Waals surface area contributed by atoms with Gasteiger partial charge < -0.3 is 14.2 Å². The van der Waals surface area contributed by atoms with Crippen LogP contribution in [0.2, 0.25) is 0 Å². The van der Waals surface area contributed by atoms with Crippen molar-refractivity contribution in [3.8, 4) is 39.8 Å². The number of rotatable bonds is 9. The van der Waals surface area contributed by atoms with Crippen LogP contribution < -0.4 is 14.2 Å². The van der Waals surface area contributed by atoms with Gasteiger partial charge in [-0.3, -0.25) is 0 Å². The summed E-state index contributed by atoms with van der Waals surface area (Å²) in [7, 11) is -3.77. The van der Waals surface area contributed by atoms with E-state index in [-0.39, 0.29) is 15.5 Å². The number of fused-ring (bicyclic) bond motifs is 2. The fraction of sp³-hybridized carbons (Fsp3) is 0.0811. The maximum absolute atomic E-state index is 14.5. The molecule has 0 bridgehead atoms. The van der Waals surface area contributed by atoms with E-state index in [1.807, 2.05) is 0 Å². The zero-order valence-corrected chi connectivity index (χ0v) is 27.8. The summed E-state index contributed by atoms with van der Waals surface area (Å²) in [5, 5.41) is 1.21. The van der Waals surface area contributed by atoms with Crippen LogP contribution in [0.25, 0.3) is 44.3 Å². The topological polar surface area (TPSA) is 106 Å². The van der Waals surface area contributed by atoms with Crippen molar-refractivity contribution in [1.29, 1.82) is 0 Å². The molecule has 0 unspecified atom stereocenters. The number of nitrogens with zero attached hydrogens (tertiary/aromatic N) is 2. The summed E-state index contributed by atoms with van der Waals surface area (Å²) in [5.41, 5.74) is 2.24. The molecule has 0 spiro atoms. The molecular weight excluding hydrogens is 649 g/mol. The Kier molecular flexibility index (Phi) is 7.73. The van der Waals surface area contributed by atoms with Gasteiger partial charge in [0, 0.05) is 16.3 Å². The average Bonchev–Trinajstić information content (AvgIpc) is 3.71. The molecule has 2 aromatic heterocycles. The molecule has 242 valence electrons. The van der Waals surface area contributed by atoms with Crippen molar-refractivity contribution >= 4 is 41.9 Å². The van der Waals surface area contributed by atoms with E-state index in [9.17, 15) is 16.8 Å². The van der Waals surface area contributed by atoms with Crippen molar-refractivity contribution in [3.05, 3.63) is 127 Å². The van der Waals surface area contributed by atoms with Crippen LogP contribution in [0.3, 0.4) is 0 Å². The number of benzene rings is 5. The summed E-state index contributed by atoms with van der Waals surface area (Å²) in [4.78, 5) is 0.181. The van der Waals surface area contributed by atoms with Crippen LogP contribution in [0.1, 0.15) is 0 Å². The highest BCUT2D eigenvalue weighted by atomic mass is 32.2. The summed E-state index contributed by atoms with van der Waals surface area (Å²) in [6.45, 7) is 0. The first-order valence-electron chi connectivity index (χ1n) is 14.9. The van der Waals surface area contributed by atoms with Crippen LogP contribution in [-0.4, -0.2) is 46.1 Å². The van der Waals surface area contributed by atoms with E-state index in [0.717, 1.165) is 0 Å². The molecule has 5 aromatic carbocycles. The highest BCUT2D eigenvalue weighted by molar-refractivity contribution is 7.90. The number of hydrogen-bond donors (Lipinski definition) is 0. The Morgan fingerprint density at radius 2 is 0.958 bits per heavy atom. The van der Waals surface area contributed by atoms with Crippen molar-refractivity contribution in [2.75, 3.05) is 21.3 Å². The summed E-state index contributed by atoms with van der Waals surface area (Å²) in [5.74, 6) is 1.45. The first-order chi connectivity index (χ1) is 23.2. The Morgan fingerprint density at radius 3 is 1.44 bits per heavy atom. The molecule has 7 aromatic rings. The lowest BCUT2D eigenvalue weighted by Gasteiger charge is -2.19. The molecule has 0 saturated heterocycles. The van der Waals surface area contributed by atoms with Crippen molar-refractivity contribution in [2.24, 2.45) is 0 Å². The molecular formula is C37H30N2O7S2. The molecule has 0 radical (unpaired) electrons. The van der Waals surface area contributed by atoms with Crippen LogP contribution in [0.5, 0.6) is 17.2 Å². The lowest BCUT2D eigenvalue weighted by Crippen LogP contribution is -2.16. The predicted molar refractivity (Wildman–Crippen MR) is 186 cm³/mol. The first-order valence-corrected chi connectivity index (χ1v) is 17.7. The Balaban J connectivity index is 1.61. The predicted octanol–water partition coefficient (Wildman–Crippen LogP) is 7.43. The van der Waals surface area contributed by atoms with Gasteiger partial charge in [0.15, 0.2) is 0 Å². The highest BCUT2D eigenvalue weighted by Gasteiger charge is 2.30. The second kappa shape index (κ2) is 11.9. The highest BCUT2D eigenvalue weighted by Crippen LogP contribution is 2.45. The molecule has 0 aliphatic carbocycles. The normalized spacial score (nSPS) is 12.0. The molecule has 11 heteroatoms. The zero-order valence-electron chi connectivity index (χ0n) is 26.2. The Bertz CT molecular complexity index is 2540. The Hall–Kier alpha value is -5.52. The summed E-state index contributed by atoms with van der Waals surface area (Å²) < 4.78 is 77.3. The minimum Gasteiger partial charge on any atom is -0.497 e. The van der Waals surface area contributed by atoms with E-state index in [2.05, 4.69) is 0 Å². The number of ether oxygens (including phenoxy) is 3. The molecule has 0 aliphatic heterocycles. The fourth-order valence-electron chi connectivity index (χ4n) is 6.05. The third-order valence-corrected chi connectivity index (χ3v) is 11.8. The van der Waals surface area contributed by atoms with Gasteiger partial charge in [-0.05, 0) is 78.9 Å². The standard InChI is InChI=1S/C37H30N2O7S2/c1-44-27-17-19-32-25(21-27)23-34(38(32)47(40,41)29-11-6-4-7-12-29)31-15-10-16-36(46-3)37(31)35-24-26-22-28(45-2)18-20-33(26)39(35)48(42,43)30-13-8-5-9-14-30/h4-24H,1-3H3. The Labute approximate surface area is 278 Å². The monoisotopic (exact) mass is 678 g/mol. The van der Waals surface area contributed by atoms with Crippen molar-refractivity contribution in [2.45, 2.75) is 9.79 Å². The lowest BCUT2D eigenvalue weighted by molar-refractivity contribution is 0.415. The van der Waals surface area contributed by atoms with Gasteiger partial charge in [0.1, 0.15) is 17.2 Å². The maximum atomic E-state index is 14.5. The molecule has 9 nitrogen and oxygen atoms in total. The minimum absolute atomic E-state index is 0.0869. The summed E-state index contributed by atoms with van der Waals surface area (Å²) in [6.07, 6.45) is 0. The third-order valence-electron chi connectivity index (χ3n) is 8.27. The number of methoxy groups -OCH3 is 3. The second-order valence-corrected chi connectivity index (χ2v) is 14.5. The van der Waals surface area contributed by atoms with Crippen LogP contribution in [-0.2, 0) is 20.0 Å². The van der Waals surface area contributed by atoms with Crippen molar-refractivity contribution in [3.63, 3.8) is 0 Å². The molecule has 0 amide bonds. The molecule has 0 atom stereocenters. The van der Waals surface area contributed by atoms with Gasteiger partial charge in [0.05, 0.1) is 59.1 Å².